The molecule has 0 aromatic heterocycles. The molecule has 0 unspecified atom stereocenters. The summed E-state index contributed by atoms with van der Waals surface area (Å²) in [5.41, 5.74) is 0.652. The molecule has 0 spiro atoms. The van der Waals surface area contributed by atoms with Crippen molar-refractivity contribution in [3.8, 4) is 11.5 Å². The van der Waals surface area contributed by atoms with Gasteiger partial charge in [0.25, 0.3) is 0 Å². The molecule has 0 aliphatic heterocycles. The number of para-hydroxylation sites is 1. The van der Waals surface area contributed by atoms with E-state index in [-0.39, 0.29) is 30.6 Å². The van der Waals surface area contributed by atoms with Crippen LogP contribution >= 0.6 is 0 Å². The van der Waals surface area contributed by atoms with Gasteiger partial charge in [0, 0.05) is 6.08 Å². The highest BCUT2D eigenvalue weighted by molar-refractivity contribution is 5.91. The molecule has 0 aliphatic rings. The second kappa shape index (κ2) is 9.36. The van der Waals surface area contributed by atoms with Gasteiger partial charge in [-0.15, -0.1) is 0 Å². The van der Waals surface area contributed by atoms with Crippen molar-refractivity contribution in [3.63, 3.8) is 0 Å². The van der Waals surface area contributed by atoms with Crippen LogP contribution in [-0.4, -0.2) is 25.7 Å². The minimum absolute atomic E-state index is 0.0434. The molecule has 0 radical (unpaired) electrons. The molecule has 0 bridgehead atoms. The van der Waals surface area contributed by atoms with Crippen molar-refractivity contribution in [1.82, 2.24) is 5.32 Å². The Labute approximate surface area is 142 Å². The summed E-state index contributed by atoms with van der Waals surface area (Å²) in [5, 5.41) is 2.58. The molecule has 2 aromatic carbocycles. The number of amides is 1. The Hall–Kier alpha value is -2.96. The monoisotopic (exact) mass is 351 g/mol. The van der Waals surface area contributed by atoms with E-state index in [1.807, 2.05) is 0 Å². The van der Waals surface area contributed by atoms with Crippen LogP contribution in [0.25, 0.3) is 6.08 Å². The number of carbonyl (C=O) groups is 1. The van der Waals surface area contributed by atoms with E-state index in [0.717, 1.165) is 0 Å². The standard InChI is InChI=1S/C18H16F3NO3/c19-15-3-1-2-4-16(15)24-12-11-22-17(23)10-7-13-5-8-14(9-6-13)25-18(20)21/h1-10,18H,11-12H2,(H,22,23)/b10-7+. The molecule has 4 nitrogen and oxygen atoms in total. The van der Waals surface area contributed by atoms with E-state index in [9.17, 15) is 18.0 Å². The Morgan fingerprint density at radius 1 is 1.12 bits per heavy atom. The average molecular weight is 351 g/mol. The first kappa shape index (κ1) is 18.4. The molecule has 25 heavy (non-hydrogen) atoms. The van der Waals surface area contributed by atoms with Crippen molar-refractivity contribution >= 4 is 12.0 Å². The van der Waals surface area contributed by atoms with Crippen LogP contribution in [0.1, 0.15) is 5.56 Å². The zero-order valence-electron chi connectivity index (χ0n) is 13.1. The van der Waals surface area contributed by atoms with Crippen LogP contribution < -0.4 is 14.8 Å². The van der Waals surface area contributed by atoms with Crippen molar-refractivity contribution in [1.29, 1.82) is 0 Å². The van der Waals surface area contributed by atoms with Crippen LogP contribution in [0, 0.1) is 5.82 Å². The lowest BCUT2D eigenvalue weighted by Crippen LogP contribution is -2.26. The number of nitrogens with one attached hydrogen (secondary N) is 1. The predicted octanol–water partition coefficient (Wildman–Crippen LogP) is 3.64. The van der Waals surface area contributed by atoms with Crippen molar-refractivity contribution < 1.29 is 27.4 Å². The summed E-state index contributed by atoms with van der Waals surface area (Å²) in [4.78, 5) is 11.7. The Kier molecular flexibility index (Phi) is 6.88. The second-order valence-electron chi connectivity index (χ2n) is 4.85. The van der Waals surface area contributed by atoms with E-state index in [0.29, 0.717) is 5.56 Å². The number of benzene rings is 2. The van der Waals surface area contributed by atoms with Gasteiger partial charge in [-0.2, -0.15) is 8.78 Å². The molecule has 0 atom stereocenters. The van der Waals surface area contributed by atoms with Gasteiger partial charge in [0.1, 0.15) is 12.4 Å². The number of ether oxygens (including phenoxy) is 2. The van der Waals surface area contributed by atoms with E-state index >= 15 is 0 Å². The number of carbonyl (C=O) groups excluding carboxylic acids is 1. The molecule has 132 valence electrons. The lowest BCUT2D eigenvalue weighted by molar-refractivity contribution is -0.116. The second-order valence-corrected chi connectivity index (χ2v) is 4.85. The Morgan fingerprint density at radius 2 is 1.84 bits per heavy atom. The molecule has 0 saturated carbocycles. The Balaban J connectivity index is 1.72. The van der Waals surface area contributed by atoms with Gasteiger partial charge in [-0.3, -0.25) is 4.79 Å². The maximum absolute atomic E-state index is 13.3. The summed E-state index contributed by atoms with van der Waals surface area (Å²) in [7, 11) is 0. The zero-order valence-corrected chi connectivity index (χ0v) is 13.1. The molecule has 0 saturated heterocycles. The van der Waals surface area contributed by atoms with Crippen LogP contribution in [-0.2, 0) is 4.79 Å². The van der Waals surface area contributed by atoms with E-state index in [4.69, 9.17) is 4.74 Å². The quantitative estimate of drug-likeness (QED) is 0.584. The minimum atomic E-state index is -2.88. The summed E-state index contributed by atoms with van der Waals surface area (Å²) < 4.78 is 46.8. The summed E-state index contributed by atoms with van der Waals surface area (Å²) in [6.45, 7) is -2.54. The Bertz CT molecular complexity index is 718. The molecular weight excluding hydrogens is 335 g/mol. The van der Waals surface area contributed by atoms with Crippen LogP contribution in [0.15, 0.2) is 54.6 Å². The number of hydrogen-bond acceptors (Lipinski definition) is 3. The fourth-order valence-electron chi connectivity index (χ4n) is 1.89. The van der Waals surface area contributed by atoms with Gasteiger partial charge < -0.3 is 14.8 Å². The first-order valence-electron chi connectivity index (χ1n) is 7.43. The van der Waals surface area contributed by atoms with Gasteiger partial charge >= 0.3 is 6.61 Å². The van der Waals surface area contributed by atoms with Gasteiger partial charge in [0.05, 0.1) is 6.54 Å². The van der Waals surface area contributed by atoms with E-state index in [2.05, 4.69) is 10.1 Å². The largest absolute Gasteiger partial charge is 0.489 e. The third-order valence-corrected chi connectivity index (χ3v) is 3.03. The molecule has 1 N–H and O–H groups in total. The topological polar surface area (TPSA) is 47.6 Å². The summed E-state index contributed by atoms with van der Waals surface area (Å²) in [6.07, 6.45) is 2.82. The predicted molar refractivity (Wildman–Crippen MR) is 87.0 cm³/mol. The highest BCUT2D eigenvalue weighted by atomic mass is 19.3. The molecule has 0 heterocycles. The number of hydrogen-bond donors (Lipinski definition) is 1. The van der Waals surface area contributed by atoms with Crippen molar-refractivity contribution in [2.45, 2.75) is 6.61 Å². The SMILES string of the molecule is O=C(/C=C/c1ccc(OC(F)F)cc1)NCCOc1ccccc1F. The molecule has 7 heteroatoms. The third-order valence-electron chi connectivity index (χ3n) is 3.03. The van der Waals surface area contributed by atoms with Gasteiger partial charge in [0.15, 0.2) is 11.6 Å². The fourth-order valence-corrected chi connectivity index (χ4v) is 1.89. The lowest BCUT2D eigenvalue weighted by atomic mass is 10.2. The van der Waals surface area contributed by atoms with Crippen LogP contribution in [0.4, 0.5) is 13.2 Å². The highest BCUT2D eigenvalue weighted by Crippen LogP contribution is 2.16. The molecule has 1 amide bonds. The molecule has 0 aliphatic carbocycles. The maximum atomic E-state index is 13.3. The first-order valence-corrected chi connectivity index (χ1v) is 7.43. The number of halogens is 3. The van der Waals surface area contributed by atoms with Gasteiger partial charge in [-0.05, 0) is 35.9 Å². The van der Waals surface area contributed by atoms with Gasteiger partial charge in [-0.25, -0.2) is 4.39 Å². The van der Waals surface area contributed by atoms with Gasteiger partial charge in [-0.1, -0.05) is 24.3 Å². The molecular formula is C18H16F3NO3. The maximum Gasteiger partial charge on any atom is 0.387 e. The van der Waals surface area contributed by atoms with E-state index < -0.39 is 12.4 Å². The van der Waals surface area contributed by atoms with E-state index in [1.165, 1.54) is 36.4 Å². The molecule has 2 rings (SSSR count). The smallest absolute Gasteiger partial charge is 0.387 e. The normalized spacial score (nSPS) is 10.9. The lowest BCUT2D eigenvalue weighted by Gasteiger charge is -2.07. The third kappa shape index (κ3) is 6.58. The Morgan fingerprint density at radius 3 is 2.52 bits per heavy atom. The number of rotatable bonds is 8. The van der Waals surface area contributed by atoms with Crippen molar-refractivity contribution in [2.24, 2.45) is 0 Å². The summed E-state index contributed by atoms with van der Waals surface area (Å²) in [6, 6.07) is 11.8. The average Bonchev–Trinajstić information content (AvgIpc) is 2.59. The van der Waals surface area contributed by atoms with Crippen molar-refractivity contribution in [3.05, 3.63) is 66.0 Å². The molecule has 0 fully saturated rings. The number of alkyl halides is 2. The van der Waals surface area contributed by atoms with E-state index in [1.54, 1.807) is 24.3 Å². The summed E-state index contributed by atoms with van der Waals surface area (Å²) >= 11 is 0. The van der Waals surface area contributed by atoms with Crippen LogP contribution in [0.5, 0.6) is 11.5 Å². The summed E-state index contributed by atoms with van der Waals surface area (Å²) in [5.74, 6) is -0.654. The highest BCUT2D eigenvalue weighted by Gasteiger charge is 2.03. The van der Waals surface area contributed by atoms with Crippen molar-refractivity contribution in [2.75, 3.05) is 13.2 Å². The molecule has 2 aromatic rings. The van der Waals surface area contributed by atoms with Crippen LogP contribution in [0.2, 0.25) is 0 Å². The fraction of sp³-hybridized carbons (Fsp3) is 0.167. The first-order chi connectivity index (χ1) is 12.0. The minimum Gasteiger partial charge on any atom is -0.489 e. The van der Waals surface area contributed by atoms with Gasteiger partial charge in [0.2, 0.25) is 5.91 Å². The zero-order chi connectivity index (χ0) is 18.1. The van der Waals surface area contributed by atoms with Crippen LogP contribution in [0.3, 0.4) is 0 Å².